The Morgan fingerprint density at radius 3 is 2.56 bits per heavy atom. The van der Waals surface area contributed by atoms with Gasteiger partial charge in [0.25, 0.3) is 0 Å². The number of aryl methyl sites for hydroxylation is 1. The van der Waals surface area contributed by atoms with Crippen molar-refractivity contribution in [3.63, 3.8) is 0 Å². The Hall–Kier alpha value is -3.65. The highest BCUT2D eigenvalue weighted by Crippen LogP contribution is 2.46. The van der Waals surface area contributed by atoms with Crippen LogP contribution in [0.15, 0.2) is 60.7 Å². The summed E-state index contributed by atoms with van der Waals surface area (Å²) in [5, 5.41) is 10.2. The van der Waals surface area contributed by atoms with Crippen LogP contribution in [-0.2, 0) is 6.42 Å². The number of hydrogen-bond acceptors (Lipinski definition) is 5. The number of rotatable bonds is 7. The van der Waals surface area contributed by atoms with Crippen LogP contribution in [0.3, 0.4) is 0 Å². The first kappa shape index (κ1) is 25.6. The van der Waals surface area contributed by atoms with E-state index in [1.807, 2.05) is 30.3 Å². The normalized spacial score (nSPS) is 20.1. The summed E-state index contributed by atoms with van der Waals surface area (Å²) in [5.41, 5.74) is 5.77. The first-order valence-corrected chi connectivity index (χ1v) is 13.4. The van der Waals surface area contributed by atoms with E-state index in [0.29, 0.717) is 6.42 Å². The van der Waals surface area contributed by atoms with Crippen LogP contribution in [-0.4, -0.2) is 48.7 Å². The minimum Gasteiger partial charge on any atom is -0.508 e. The zero-order valence-electron chi connectivity index (χ0n) is 21.5. The topological polar surface area (TPSA) is 51.2 Å². The lowest BCUT2D eigenvalue weighted by atomic mass is 9.87. The van der Waals surface area contributed by atoms with Gasteiger partial charge in [0.05, 0.1) is 6.67 Å². The maximum absolute atomic E-state index is 13.7. The highest BCUT2D eigenvalue weighted by molar-refractivity contribution is 6.00. The Balaban J connectivity index is 1.34. The molecule has 5 nitrogen and oxygen atoms in total. The van der Waals surface area contributed by atoms with E-state index in [1.54, 1.807) is 24.3 Å². The molecule has 1 saturated heterocycles. The zero-order chi connectivity index (χ0) is 27.0. The fourth-order valence-corrected chi connectivity index (χ4v) is 5.80. The fourth-order valence-electron chi connectivity index (χ4n) is 5.80. The summed E-state index contributed by atoms with van der Waals surface area (Å²) in [6, 6.07) is 18.3. The largest absolute Gasteiger partial charge is 0.586 e. The molecule has 1 aliphatic carbocycles. The summed E-state index contributed by atoms with van der Waals surface area (Å²) in [6.07, 6.45) is 0.176. The summed E-state index contributed by atoms with van der Waals surface area (Å²) in [6.45, 7) is 2.14. The molecule has 0 saturated carbocycles. The second-order valence-electron chi connectivity index (χ2n) is 10.3. The quantitative estimate of drug-likeness (QED) is 0.358. The molecule has 0 aromatic heterocycles. The van der Waals surface area contributed by atoms with Gasteiger partial charge in [-0.05, 0) is 102 Å². The van der Waals surface area contributed by atoms with Crippen LogP contribution in [0, 0.1) is 0 Å². The Bertz CT molecular complexity index is 1390. The van der Waals surface area contributed by atoms with Crippen molar-refractivity contribution in [2.45, 2.75) is 44.5 Å². The van der Waals surface area contributed by atoms with Crippen LogP contribution in [0.5, 0.6) is 23.0 Å². The third-order valence-electron chi connectivity index (χ3n) is 7.57. The molecule has 1 fully saturated rings. The van der Waals surface area contributed by atoms with Crippen LogP contribution in [0.1, 0.15) is 47.9 Å². The van der Waals surface area contributed by atoms with Gasteiger partial charge in [-0.1, -0.05) is 24.3 Å². The van der Waals surface area contributed by atoms with Gasteiger partial charge in [0.2, 0.25) is 0 Å². The van der Waals surface area contributed by atoms with Crippen molar-refractivity contribution in [2.75, 3.05) is 26.3 Å². The van der Waals surface area contributed by atoms with Crippen molar-refractivity contribution in [1.82, 2.24) is 4.90 Å². The van der Waals surface area contributed by atoms with Crippen molar-refractivity contribution >= 4 is 11.1 Å². The minimum absolute atomic E-state index is 0.0143. The molecule has 0 radical (unpaired) electrons. The molecule has 2 heterocycles. The number of allylic oxidation sites excluding steroid dienone is 1. The second-order valence-corrected chi connectivity index (χ2v) is 10.3. The molecule has 0 bridgehead atoms. The number of ether oxygens (including phenoxy) is 3. The SMILES string of the molecule is Oc1ccc2c(c1)CCCC(c1ccc3c(c1)OC(F)(F)O3)=C2c1ccc(O[C@H]2CCN(CCCF)C2)cc1. The predicted octanol–water partition coefficient (Wildman–Crippen LogP) is 6.82. The number of nitrogens with zero attached hydrogens (tertiary/aromatic N) is 1. The maximum Gasteiger partial charge on any atom is 0.586 e. The smallest absolute Gasteiger partial charge is 0.508 e. The van der Waals surface area contributed by atoms with Crippen LogP contribution >= 0.6 is 0 Å². The van der Waals surface area contributed by atoms with E-state index in [9.17, 15) is 18.3 Å². The molecule has 1 atom stereocenters. The molecule has 0 spiro atoms. The summed E-state index contributed by atoms with van der Waals surface area (Å²) >= 11 is 0. The Morgan fingerprint density at radius 2 is 1.74 bits per heavy atom. The molecule has 2 aliphatic heterocycles. The van der Waals surface area contributed by atoms with Gasteiger partial charge >= 0.3 is 6.29 Å². The molecule has 0 unspecified atom stereocenters. The van der Waals surface area contributed by atoms with Gasteiger partial charge in [-0.25, -0.2) is 0 Å². The molecule has 3 aromatic rings. The van der Waals surface area contributed by atoms with Crippen LogP contribution in [0.2, 0.25) is 0 Å². The highest BCUT2D eigenvalue weighted by Gasteiger charge is 2.43. The molecular formula is C31H30F3NO4. The molecule has 204 valence electrons. The first-order valence-electron chi connectivity index (χ1n) is 13.4. The number of phenols is 1. The van der Waals surface area contributed by atoms with E-state index in [0.717, 1.165) is 84.5 Å². The molecule has 6 rings (SSSR count). The third-order valence-corrected chi connectivity index (χ3v) is 7.57. The Labute approximate surface area is 225 Å². The highest BCUT2D eigenvalue weighted by atomic mass is 19.3. The summed E-state index contributed by atoms with van der Waals surface area (Å²) < 4.78 is 55.5. The third kappa shape index (κ3) is 5.43. The number of phenolic OH excluding ortho intramolecular Hbond substituents is 1. The van der Waals surface area contributed by atoms with E-state index >= 15 is 0 Å². The van der Waals surface area contributed by atoms with E-state index in [1.165, 1.54) is 6.07 Å². The van der Waals surface area contributed by atoms with E-state index < -0.39 is 6.29 Å². The number of aromatic hydroxyl groups is 1. The van der Waals surface area contributed by atoms with Crippen molar-refractivity contribution in [3.05, 3.63) is 82.9 Å². The summed E-state index contributed by atoms with van der Waals surface area (Å²) in [4.78, 5) is 2.23. The molecule has 3 aromatic carbocycles. The van der Waals surface area contributed by atoms with Crippen LogP contribution in [0.25, 0.3) is 11.1 Å². The summed E-state index contributed by atoms with van der Waals surface area (Å²) in [5.74, 6) is 1.01. The predicted molar refractivity (Wildman–Crippen MR) is 142 cm³/mol. The molecule has 1 N–H and O–H groups in total. The van der Waals surface area contributed by atoms with Crippen molar-refractivity contribution in [3.8, 4) is 23.0 Å². The van der Waals surface area contributed by atoms with Crippen LogP contribution < -0.4 is 14.2 Å². The average molecular weight is 538 g/mol. The van der Waals surface area contributed by atoms with E-state index in [4.69, 9.17) is 9.47 Å². The Kier molecular flexibility index (Phi) is 6.89. The number of alkyl halides is 3. The number of hydrogen-bond donors (Lipinski definition) is 1. The molecular weight excluding hydrogens is 507 g/mol. The van der Waals surface area contributed by atoms with Gasteiger partial charge in [-0.2, -0.15) is 0 Å². The maximum atomic E-state index is 13.7. The second kappa shape index (κ2) is 10.5. The number of benzene rings is 3. The van der Waals surface area contributed by atoms with Gasteiger partial charge < -0.3 is 19.3 Å². The number of fused-ring (bicyclic) bond motifs is 2. The summed E-state index contributed by atoms with van der Waals surface area (Å²) in [7, 11) is 0. The fraction of sp³-hybridized carbons (Fsp3) is 0.355. The first-order chi connectivity index (χ1) is 18.9. The van der Waals surface area contributed by atoms with E-state index in [-0.39, 0.29) is 30.0 Å². The monoisotopic (exact) mass is 537 g/mol. The zero-order valence-corrected chi connectivity index (χ0v) is 21.5. The van der Waals surface area contributed by atoms with Gasteiger partial charge in [0.1, 0.15) is 17.6 Å². The van der Waals surface area contributed by atoms with Crippen molar-refractivity contribution in [2.24, 2.45) is 0 Å². The lowest BCUT2D eigenvalue weighted by molar-refractivity contribution is -0.286. The van der Waals surface area contributed by atoms with Gasteiger partial charge in [-0.15, -0.1) is 8.78 Å². The minimum atomic E-state index is -3.68. The standard InChI is InChI=1S/C31H30F3NO4/c32-14-2-15-35-16-13-25(19-35)37-24-9-5-20(6-10-24)30-26(4-1-3-21-17-23(36)8-11-27(21)30)22-7-12-28-29(18-22)39-31(33,34)38-28/h5-12,17-18,25,36H,1-4,13-16,19H2/t25-/m0/s1. The molecule has 39 heavy (non-hydrogen) atoms. The molecule has 3 aliphatic rings. The van der Waals surface area contributed by atoms with Gasteiger partial charge in [0, 0.05) is 19.6 Å². The molecule has 0 amide bonds. The average Bonchev–Trinajstić information content (AvgIpc) is 3.43. The number of halogens is 3. The van der Waals surface area contributed by atoms with Crippen molar-refractivity contribution < 1.29 is 32.5 Å². The van der Waals surface area contributed by atoms with Crippen molar-refractivity contribution in [1.29, 1.82) is 0 Å². The lowest BCUT2D eigenvalue weighted by Crippen LogP contribution is -2.26. The number of likely N-dealkylation sites (tertiary alicyclic amines) is 1. The van der Waals surface area contributed by atoms with E-state index in [2.05, 4.69) is 9.64 Å². The van der Waals surface area contributed by atoms with Gasteiger partial charge in [0.15, 0.2) is 11.5 Å². The lowest BCUT2D eigenvalue weighted by Gasteiger charge is -2.19. The van der Waals surface area contributed by atoms with Gasteiger partial charge in [-0.3, -0.25) is 9.29 Å². The molecule has 8 heteroatoms. The van der Waals surface area contributed by atoms with Crippen LogP contribution in [0.4, 0.5) is 13.2 Å². The Morgan fingerprint density at radius 1 is 0.949 bits per heavy atom.